The summed E-state index contributed by atoms with van der Waals surface area (Å²) in [6, 6.07) is 5.69. The van der Waals surface area contributed by atoms with Crippen molar-refractivity contribution in [2.24, 2.45) is 5.92 Å². The van der Waals surface area contributed by atoms with Crippen LogP contribution in [0.15, 0.2) is 42.9 Å². The van der Waals surface area contributed by atoms with Gasteiger partial charge in [-0.2, -0.15) is 0 Å². The smallest absolute Gasteiger partial charge is 0.330 e. The molecule has 0 radical (unpaired) electrons. The normalized spacial score (nSPS) is 15.4. The molecule has 1 fully saturated rings. The van der Waals surface area contributed by atoms with Crippen molar-refractivity contribution in [3.63, 3.8) is 0 Å². The highest BCUT2D eigenvalue weighted by atomic mass is 35.5. The molecule has 0 aliphatic carbocycles. The van der Waals surface area contributed by atoms with Crippen LogP contribution in [0.1, 0.15) is 24.0 Å². The number of ether oxygens (including phenoxy) is 1. The first kappa shape index (κ1) is 18.4. The van der Waals surface area contributed by atoms with Gasteiger partial charge in [-0.3, -0.25) is 4.98 Å². The molecule has 0 amide bonds. The summed E-state index contributed by atoms with van der Waals surface area (Å²) in [5.41, 5.74) is 1.90. The molecule has 1 saturated heterocycles. The zero-order valence-electron chi connectivity index (χ0n) is 14.8. The maximum absolute atomic E-state index is 11.9. The molecule has 1 aliphatic heterocycles. The van der Waals surface area contributed by atoms with E-state index in [1.54, 1.807) is 24.7 Å². The van der Waals surface area contributed by atoms with Crippen molar-refractivity contribution in [2.75, 3.05) is 24.6 Å². The van der Waals surface area contributed by atoms with E-state index in [9.17, 15) is 4.79 Å². The molecule has 3 rings (SSSR count). The summed E-state index contributed by atoms with van der Waals surface area (Å²) in [4.78, 5) is 22.6. The first-order chi connectivity index (χ1) is 12.6. The molecule has 2 aromatic rings. The summed E-state index contributed by atoms with van der Waals surface area (Å²) in [6.45, 7) is 4.20. The van der Waals surface area contributed by atoms with E-state index >= 15 is 0 Å². The minimum Gasteiger partial charge on any atom is -0.462 e. The zero-order valence-corrected chi connectivity index (χ0v) is 15.5. The van der Waals surface area contributed by atoms with Crippen molar-refractivity contribution in [1.82, 2.24) is 9.97 Å². The minimum atomic E-state index is -0.321. The number of esters is 1. The molecule has 2 heterocycles. The molecular formula is C20H22ClN3O2. The summed E-state index contributed by atoms with van der Waals surface area (Å²) in [7, 11) is 0. The summed E-state index contributed by atoms with van der Waals surface area (Å²) in [5, 5.41) is 0.690. The van der Waals surface area contributed by atoms with Crippen LogP contribution >= 0.6 is 11.6 Å². The molecule has 0 spiro atoms. The Morgan fingerprint density at radius 3 is 2.85 bits per heavy atom. The van der Waals surface area contributed by atoms with E-state index in [0.29, 0.717) is 17.5 Å². The molecule has 1 aromatic heterocycles. The van der Waals surface area contributed by atoms with Gasteiger partial charge in [-0.25, -0.2) is 9.78 Å². The molecule has 136 valence electrons. The number of rotatable bonds is 5. The molecular weight excluding hydrogens is 350 g/mol. The monoisotopic (exact) mass is 371 g/mol. The molecule has 26 heavy (non-hydrogen) atoms. The fourth-order valence-corrected chi connectivity index (χ4v) is 3.10. The maximum Gasteiger partial charge on any atom is 0.330 e. The van der Waals surface area contributed by atoms with E-state index in [-0.39, 0.29) is 5.97 Å². The van der Waals surface area contributed by atoms with Crippen LogP contribution in [0.5, 0.6) is 0 Å². The Morgan fingerprint density at radius 1 is 1.35 bits per heavy atom. The summed E-state index contributed by atoms with van der Waals surface area (Å²) < 4.78 is 5.39. The number of benzene rings is 1. The van der Waals surface area contributed by atoms with Gasteiger partial charge in [0.15, 0.2) is 0 Å². The third-order valence-electron chi connectivity index (χ3n) is 4.56. The highest BCUT2D eigenvalue weighted by Crippen LogP contribution is 2.21. The second-order valence-corrected chi connectivity index (χ2v) is 6.87. The minimum absolute atomic E-state index is 0.321. The SMILES string of the molecule is Cc1ccc(/C=C/C(=O)OCC2CCN(c3cnccn3)CC2)cc1Cl. The van der Waals surface area contributed by atoms with Gasteiger partial charge in [0.2, 0.25) is 0 Å². The predicted molar refractivity (Wildman–Crippen MR) is 103 cm³/mol. The Morgan fingerprint density at radius 2 is 2.15 bits per heavy atom. The third kappa shape index (κ3) is 5.05. The van der Waals surface area contributed by atoms with Gasteiger partial charge in [-0.15, -0.1) is 0 Å². The summed E-state index contributed by atoms with van der Waals surface area (Å²) in [5.74, 6) is 0.967. The molecule has 1 aliphatic rings. The average molecular weight is 372 g/mol. The largest absolute Gasteiger partial charge is 0.462 e. The van der Waals surface area contributed by atoms with Crippen LogP contribution in [-0.2, 0) is 9.53 Å². The van der Waals surface area contributed by atoms with E-state index < -0.39 is 0 Å². The van der Waals surface area contributed by atoms with Gasteiger partial charge >= 0.3 is 5.97 Å². The number of aryl methyl sites for hydroxylation is 1. The van der Waals surface area contributed by atoms with Crippen molar-refractivity contribution in [3.05, 3.63) is 59.0 Å². The Labute approximate surface area is 158 Å². The first-order valence-electron chi connectivity index (χ1n) is 8.74. The molecule has 6 heteroatoms. The van der Waals surface area contributed by atoms with Crippen molar-refractivity contribution in [2.45, 2.75) is 19.8 Å². The fourth-order valence-electron chi connectivity index (χ4n) is 2.91. The highest BCUT2D eigenvalue weighted by Gasteiger charge is 2.21. The van der Waals surface area contributed by atoms with Crippen molar-refractivity contribution in [3.8, 4) is 0 Å². The van der Waals surface area contributed by atoms with Gasteiger partial charge in [-0.05, 0) is 49.0 Å². The van der Waals surface area contributed by atoms with Crippen LogP contribution in [0.4, 0.5) is 5.82 Å². The van der Waals surface area contributed by atoms with Crippen LogP contribution in [0.3, 0.4) is 0 Å². The van der Waals surface area contributed by atoms with Gasteiger partial charge in [0.25, 0.3) is 0 Å². The second-order valence-electron chi connectivity index (χ2n) is 6.47. The van der Waals surface area contributed by atoms with E-state index in [1.165, 1.54) is 6.08 Å². The van der Waals surface area contributed by atoms with Gasteiger partial charge in [0, 0.05) is 36.6 Å². The lowest BCUT2D eigenvalue weighted by Gasteiger charge is -2.32. The average Bonchev–Trinajstić information content (AvgIpc) is 2.68. The number of anilines is 1. The Hall–Kier alpha value is -2.40. The number of hydrogen-bond acceptors (Lipinski definition) is 5. The fraction of sp³-hybridized carbons (Fsp3) is 0.350. The Balaban J connectivity index is 1.42. The molecule has 0 bridgehead atoms. The van der Waals surface area contributed by atoms with Crippen LogP contribution in [-0.4, -0.2) is 35.6 Å². The summed E-state index contributed by atoms with van der Waals surface area (Å²) >= 11 is 6.09. The molecule has 0 atom stereocenters. The number of carbonyl (C=O) groups excluding carboxylic acids is 1. The third-order valence-corrected chi connectivity index (χ3v) is 4.96. The van der Waals surface area contributed by atoms with Crippen LogP contribution in [0, 0.1) is 12.8 Å². The Bertz CT molecular complexity index is 772. The summed E-state index contributed by atoms with van der Waals surface area (Å²) in [6.07, 6.45) is 10.3. The van der Waals surface area contributed by atoms with Gasteiger partial charge < -0.3 is 9.64 Å². The van der Waals surface area contributed by atoms with Gasteiger partial charge in [0.1, 0.15) is 5.82 Å². The number of piperidine rings is 1. The molecule has 0 N–H and O–H groups in total. The lowest BCUT2D eigenvalue weighted by molar-refractivity contribution is -0.139. The number of halogens is 1. The standard InChI is InChI=1S/C20H22ClN3O2/c1-15-2-3-16(12-18(15)21)4-5-20(25)26-14-17-6-10-24(11-7-17)19-13-22-8-9-23-19/h2-5,8-9,12-13,17H,6-7,10-11,14H2,1H3/b5-4+. The zero-order chi connectivity index (χ0) is 18.4. The van der Waals surface area contributed by atoms with E-state index in [4.69, 9.17) is 16.3 Å². The van der Waals surface area contributed by atoms with Crippen LogP contribution < -0.4 is 4.90 Å². The van der Waals surface area contributed by atoms with Crippen molar-refractivity contribution in [1.29, 1.82) is 0 Å². The maximum atomic E-state index is 11.9. The van der Waals surface area contributed by atoms with Crippen molar-refractivity contribution < 1.29 is 9.53 Å². The number of nitrogens with zero attached hydrogens (tertiary/aromatic N) is 3. The lowest BCUT2D eigenvalue weighted by Crippen LogP contribution is -2.35. The number of aromatic nitrogens is 2. The van der Waals surface area contributed by atoms with E-state index in [2.05, 4.69) is 14.9 Å². The molecule has 0 saturated carbocycles. The van der Waals surface area contributed by atoms with Crippen LogP contribution in [0.2, 0.25) is 5.02 Å². The highest BCUT2D eigenvalue weighted by molar-refractivity contribution is 6.31. The van der Waals surface area contributed by atoms with Gasteiger partial charge in [0.05, 0.1) is 12.8 Å². The van der Waals surface area contributed by atoms with Crippen LogP contribution in [0.25, 0.3) is 6.08 Å². The van der Waals surface area contributed by atoms with E-state index in [0.717, 1.165) is 42.9 Å². The topological polar surface area (TPSA) is 55.3 Å². The van der Waals surface area contributed by atoms with Gasteiger partial charge in [-0.1, -0.05) is 23.7 Å². The number of hydrogen-bond donors (Lipinski definition) is 0. The Kier molecular flexibility index (Phi) is 6.23. The van der Waals surface area contributed by atoms with E-state index in [1.807, 2.05) is 25.1 Å². The lowest BCUT2D eigenvalue weighted by atomic mass is 9.98. The molecule has 1 aromatic carbocycles. The number of carbonyl (C=O) groups is 1. The molecule has 5 nitrogen and oxygen atoms in total. The first-order valence-corrected chi connectivity index (χ1v) is 9.11. The predicted octanol–water partition coefficient (Wildman–Crippen LogP) is 3.91. The molecule has 0 unspecified atom stereocenters. The van der Waals surface area contributed by atoms with Crippen molar-refractivity contribution >= 4 is 29.5 Å². The quantitative estimate of drug-likeness (QED) is 0.589. The second kappa shape index (κ2) is 8.81.